The number of hydrogen-bond donors (Lipinski definition) is 1. The molecule has 2 heterocycles. The molecule has 0 radical (unpaired) electrons. The van der Waals surface area contributed by atoms with Gasteiger partial charge in [0.1, 0.15) is 17.2 Å². The van der Waals surface area contributed by atoms with Crippen LogP contribution < -0.4 is 15.0 Å². The Kier molecular flexibility index (Phi) is 4.94. The number of rotatable bonds is 6. The highest BCUT2D eigenvalue weighted by Gasteiger charge is 2.12. The molecule has 0 saturated heterocycles. The van der Waals surface area contributed by atoms with Crippen molar-refractivity contribution in [1.29, 1.82) is 0 Å². The van der Waals surface area contributed by atoms with Gasteiger partial charge in [-0.1, -0.05) is 0 Å². The molecule has 27 heavy (non-hydrogen) atoms. The zero-order valence-electron chi connectivity index (χ0n) is 15.4. The molecule has 0 aliphatic carbocycles. The molecular formula is C21H20N2O3S. The van der Waals surface area contributed by atoms with Crippen LogP contribution in [-0.4, -0.2) is 19.1 Å². The molecule has 138 valence electrons. The molecular weight excluding hydrogens is 360 g/mol. The first-order chi connectivity index (χ1) is 13.2. The van der Waals surface area contributed by atoms with Gasteiger partial charge >= 0.3 is 0 Å². The zero-order valence-corrected chi connectivity index (χ0v) is 16.2. The maximum Gasteiger partial charge on any atom is 0.138 e. The SMILES string of the molecule is CNOCc1c(C)sc2cc(Oc3ccnc4ccc(OC)cc34)ccc12. The number of hydrogen-bond acceptors (Lipinski definition) is 6. The number of nitrogens with one attached hydrogen (secondary N) is 1. The van der Waals surface area contributed by atoms with E-state index in [0.29, 0.717) is 6.61 Å². The molecule has 2 aromatic carbocycles. The summed E-state index contributed by atoms with van der Waals surface area (Å²) in [7, 11) is 3.42. The van der Waals surface area contributed by atoms with Crippen molar-refractivity contribution in [2.45, 2.75) is 13.5 Å². The van der Waals surface area contributed by atoms with E-state index >= 15 is 0 Å². The molecule has 6 heteroatoms. The average Bonchev–Trinajstić information content (AvgIpc) is 3.00. The van der Waals surface area contributed by atoms with E-state index in [1.165, 1.54) is 20.5 Å². The van der Waals surface area contributed by atoms with Gasteiger partial charge in [-0.3, -0.25) is 9.82 Å². The molecule has 0 unspecified atom stereocenters. The molecule has 0 spiro atoms. The summed E-state index contributed by atoms with van der Waals surface area (Å²) < 4.78 is 12.7. The first-order valence-electron chi connectivity index (χ1n) is 8.61. The van der Waals surface area contributed by atoms with Gasteiger partial charge in [-0.2, -0.15) is 0 Å². The minimum Gasteiger partial charge on any atom is -0.497 e. The summed E-state index contributed by atoms with van der Waals surface area (Å²) in [6.07, 6.45) is 1.76. The van der Waals surface area contributed by atoms with Crippen LogP contribution in [0.1, 0.15) is 10.4 Å². The van der Waals surface area contributed by atoms with Crippen LogP contribution in [0.4, 0.5) is 0 Å². The molecule has 0 fully saturated rings. The molecule has 0 aliphatic rings. The van der Waals surface area contributed by atoms with Crippen LogP contribution in [0.5, 0.6) is 17.2 Å². The van der Waals surface area contributed by atoms with Crippen LogP contribution in [-0.2, 0) is 11.4 Å². The van der Waals surface area contributed by atoms with E-state index in [9.17, 15) is 0 Å². The van der Waals surface area contributed by atoms with Crippen LogP contribution in [0.15, 0.2) is 48.7 Å². The smallest absolute Gasteiger partial charge is 0.138 e. The topological polar surface area (TPSA) is 52.6 Å². The Balaban J connectivity index is 1.70. The summed E-state index contributed by atoms with van der Waals surface area (Å²) in [6.45, 7) is 2.65. The number of methoxy groups -OCH3 is 1. The van der Waals surface area contributed by atoms with E-state index in [-0.39, 0.29) is 0 Å². The first-order valence-corrected chi connectivity index (χ1v) is 9.42. The van der Waals surface area contributed by atoms with Crippen LogP contribution in [0.2, 0.25) is 0 Å². The number of aromatic nitrogens is 1. The van der Waals surface area contributed by atoms with E-state index in [4.69, 9.17) is 14.3 Å². The lowest BCUT2D eigenvalue weighted by atomic mass is 10.1. The summed E-state index contributed by atoms with van der Waals surface area (Å²) in [6, 6.07) is 13.8. The van der Waals surface area contributed by atoms with Crippen molar-refractivity contribution < 1.29 is 14.3 Å². The van der Waals surface area contributed by atoms with Crippen LogP contribution in [0, 0.1) is 6.92 Å². The Morgan fingerprint density at radius 2 is 1.89 bits per heavy atom. The van der Waals surface area contributed by atoms with Gasteiger partial charge in [-0.05, 0) is 54.8 Å². The van der Waals surface area contributed by atoms with E-state index in [0.717, 1.165) is 28.2 Å². The largest absolute Gasteiger partial charge is 0.497 e. The highest BCUT2D eigenvalue weighted by Crippen LogP contribution is 2.36. The fraction of sp³-hybridized carbons (Fsp3) is 0.190. The third-order valence-corrected chi connectivity index (χ3v) is 5.57. The Hall–Kier alpha value is -2.67. The van der Waals surface area contributed by atoms with E-state index in [1.54, 1.807) is 31.7 Å². The normalized spacial score (nSPS) is 11.2. The Labute approximate surface area is 161 Å². The van der Waals surface area contributed by atoms with E-state index in [1.807, 2.05) is 30.3 Å². The Bertz CT molecular complexity index is 1110. The standard InChI is InChI=1S/C21H20N2O3S/c1-13-18(12-25-22-2)16-6-4-15(11-21(16)27-13)26-20-8-9-23-19-7-5-14(24-3)10-17(19)20/h4-11,22H,12H2,1-3H3. The van der Waals surface area contributed by atoms with Crippen LogP contribution in [0.25, 0.3) is 21.0 Å². The number of hydroxylamine groups is 1. The molecule has 0 atom stereocenters. The molecule has 0 aliphatic heterocycles. The number of benzene rings is 2. The number of nitrogens with zero attached hydrogens (tertiary/aromatic N) is 1. The number of aryl methyl sites for hydroxylation is 1. The second-order valence-electron chi connectivity index (χ2n) is 6.08. The average molecular weight is 380 g/mol. The van der Waals surface area contributed by atoms with Crippen molar-refractivity contribution in [3.05, 3.63) is 59.1 Å². The van der Waals surface area contributed by atoms with Gasteiger partial charge < -0.3 is 9.47 Å². The van der Waals surface area contributed by atoms with Gasteiger partial charge in [-0.15, -0.1) is 11.3 Å². The molecule has 5 nitrogen and oxygen atoms in total. The lowest BCUT2D eigenvalue weighted by Gasteiger charge is -2.10. The lowest BCUT2D eigenvalue weighted by Crippen LogP contribution is -2.06. The predicted molar refractivity (Wildman–Crippen MR) is 109 cm³/mol. The predicted octanol–water partition coefficient (Wildman–Crippen LogP) is 5.21. The third-order valence-electron chi connectivity index (χ3n) is 4.46. The van der Waals surface area contributed by atoms with Crippen molar-refractivity contribution in [2.24, 2.45) is 0 Å². The van der Waals surface area contributed by atoms with Crippen molar-refractivity contribution >= 4 is 32.3 Å². The highest BCUT2D eigenvalue weighted by molar-refractivity contribution is 7.19. The van der Waals surface area contributed by atoms with Gasteiger partial charge in [0.05, 0.1) is 19.2 Å². The third kappa shape index (κ3) is 3.47. The van der Waals surface area contributed by atoms with Gasteiger partial charge in [0.2, 0.25) is 0 Å². The van der Waals surface area contributed by atoms with Gasteiger partial charge in [0, 0.05) is 33.8 Å². The second kappa shape index (κ2) is 7.52. The zero-order chi connectivity index (χ0) is 18.8. The minimum atomic E-state index is 0.539. The van der Waals surface area contributed by atoms with Crippen molar-refractivity contribution in [3.63, 3.8) is 0 Å². The minimum absolute atomic E-state index is 0.539. The fourth-order valence-electron chi connectivity index (χ4n) is 3.08. The van der Waals surface area contributed by atoms with Crippen molar-refractivity contribution in [3.8, 4) is 17.2 Å². The number of thiophene rings is 1. The van der Waals surface area contributed by atoms with Crippen molar-refractivity contribution in [2.75, 3.05) is 14.2 Å². The molecule has 4 rings (SSSR count). The molecule has 2 aromatic heterocycles. The van der Waals surface area contributed by atoms with E-state index in [2.05, 4.69) is 29.5 Å². The number of pyridine rings is 1. The van der Waals surface area contributed by atoms with Gasteiger partial charge in [0.25, 0.3) is 0 Å². The lowest BCUT2D eigenvalue weighted by molar-refractivity contribution is 0.0450. The second-order valence-corrected chi connectivity index (χ2v) is 7.34. The summed E-state index contributed by atoms with van der Waals surface area (Å²) >= 11 is 1.74. The highest BCUT2D eigenvalue weighted by atomic mass is 32.1. The maximum atomic E-state index is 6.20. The quantitative estimate of drug-likeness (QED) is 0.465. The summed E-state index contributed by atoms with van der Waals surface area (Å²) in [5.74, 6) is 2.32. The molecule has 1 N–H and O–H groups in total. The molecule has 0 bridgehead atoms. The van der Waals surface area contributed by atoms with E-state index < -0.39 is 0 Å². The van der Waals surface area contributed by atoms with Crippen LogP contribution >= 0.6 is 11.3 Å². The van der Waals surface area contributed by atoms with Gasteiger partial charge in [0.15, 0.2) is 0 Å². The molecule has 4 aromatic rings. The molecule has 0 amide bonds. The first kappa shape index (κ1) is 17.7. The summed E-state index contributed by atoms with van der Waals surface area (Å²) in [5.41, 5.74) is 4.80. The number of fused-ring (bicyclic) bond motifs is 2. The summed E-state index contributed by atoms with van der Waals surface area (Å²) in [5, 5.41) is 2.11. The number of ether oxygens (including phenoxy) is 2. The Morgan fingerprint density at radius 3 is 2.70 bits per heavy atom. The summed E-state index contributed by atoms with van der Waals surface area (Å²) in [4.78, 5) is 11.0. The van der Waals surface area contributed by atoms with Crippen LogP contribution in [0.3, 0.4) is 0 Å². The van der Waals surface area contributed by atoms with Gasteiger partial charge in [-0.25, -0.2) is 5.48 Å². The Morgan fingerprint density at radius 1 is 1.04 bits per heavy atom. The van der Waals surface area contributed by atoms with Crippen molar-refractivity contribution in [1.82, 2.24) is 10.5 Å². The molecule has 0 saturated carbocycles. The fourth-order valence-corrected chi connectivity index (χ4v) is 4.18. The monoisotopic (exact) mass is 380 g/mol. The maximum absolute atomic E-state index is 6.20.